The van der Waals surface area contributed by atoms with Gasteiger partial charge in [0.15, 0.2) is 0 Å². The molecule has 6 nitrogen and oxygen atoms in total. The number of hydrogen-bond donors (Lipinski definition) is 1. The second-order valence-electron chi connectivity index (χ2n) is 9.80. The molecule has 1 aliphatic carbocycles. The third-order valence-corrected chi connectivity index (χ3v) is 5.98. The largest absolute Gasteiger partial charge is 0.467 e. The number of ether oxygens (including phenoxy) is 3. The molecule has 0 saturated heterocycles. The highest BCUT2D eigenvalue weighted by Gasteiger charge is 2.44. The van der Waals surface area contributed by atoms with E-state index in [1.165, 1.54) is 7.11 Å². The zero-order chi connectivity index (χ0) is 25.1. The molecule has 0 saturated carbocycles. The lowest BCUT2D eigenvalue weighted by Gasteiger charge is -2.36. The molecule has 0 bridgehead atoms. The lowest BCUT2D eigenvalue weighted by molar-refractivity contribution is -0.149. The van der Waals surface area contributed by atoms with Crippen LogP contribution in [0.4, 0.5) is 4.79 Å². The summed E-state index contributed by atoms with van der Waals surface area (Å²) >= 11 is 0. The Morgan fingerprint density at radius 2 is 1.57 bits per heavy atom. The third-order valence-electron chi connectivity index (χ3n) is 5.98. The molecule has 1 unspecified atom stereocenters. The summed E-state index contributed by atoms with van der Waals surface area (Å²) in [4.78, 5) is 25.4. The monoisotopic (exact) mass is 473 g/mol. The first-order valence-corrected chi connectivity index (χ1v) is 11.7. The van der Waals surface area contributed by atoms with Gasteiger partial charge >= 0.3 is 12.1 Å². The van der Waals surface area contributed by atoms with Crippen molar-refractivity contribution in [2.45, 2.75) is 51.2 Å². The molecule has 0 heterocycles. The highest BCUT2D eigenvalue weighted by molar-refractivity contribution is 5.86. The predicted molar refractivity (Wildman–Crippen MR) is 135 cm³/mol. The molecule has 1 N–H and O–H groups in total. The van der Waals surface area contributed by atoms with E-state index in [9.17, 15) is 9.59 Å². The predicted octanol–water partition coefficient (Wildman–Crippen LogP) is 6.07. The number of amides is 1. The van der Waals surface area contributed by atoms with E-state index in [0.717, 1.165) is 22.3 Å². The summed E-state index contributed by atoms with van der Waals surface area (Å²) in [7, 11) is 1.33. The van der Waals surface area contributed by atoms with Crippen molar-refractivity contribution in [3.63, 3.8) is 0 Å². The number of esters is 1. The first-order valence-electron chi connectivity index (χ1n) is 11.7. The summed E-state index contributed by atoms with van der Waals surface area (Å²) in [6, 6.07) is 23.9. The van der Waals surface area contributed by atoms with Crippen molar-refractivity contribution in [3.8, 4) is 22.6 Å². The summed E-state index contributed by atoms with van der Waals surface area (Å²) in [5, 5.41) is 2.80. The molecule has 3 aromatic rings. The van der Waals surface area contributed by atoms with Crippen molar-refractivity contribution >= 4 is 12.1 Å². The summed E-state index contributed by atoms with van der Waals surface area (Å²) in [5.41, 5.74) is 2.33. The number of benzene rings is 3. The highest BCUT2D eigenvalue weighted by Crippen LogP contribution is 2.34. The van der Waals surface area contributed by atoms with Crippen molar-refractivity contribution in [3.05, 3.63) is 83.9 Å². The van der Waals surface area contributed by atoms with E-state index in [1.54, 1.807) is 20.8 Å². The number of nitrogens with one attached hydrogen (secondary N) is 1. The van der Waals surface area contributed by atoms with Gasteiger partial charge in [-0.25, -0.2) is 9.59 Å². The average Bonchev–Trinajstić information content (AvgIpc) is 2.82. The van der Waals surface area contributed by atoms with E-state index < -0.39 is 23.2 Å². The maximum Gasteiger partial charge on any atom is 0.408 e. The normalized spacial score (nSPS) is 17.1. The number of carbonyl (C=O) groups excluding carboxylic acids is 2. The zero-order valence-corrected chi connectivity index (χ0v) is 20.6. The SMILES string of the molecule is COC(=O)C1(NC(=O)OC(C)(C)C)CCc2ccc(Oc3cccc(-c4ccccc4)c3)cc2C1. The van der Waals surface area contributed by atoms with E-state index >= 15 is 0 Å². The fraction of sp³-hybridized carbons (Fsp3) is 0.310. The van der Waals surface area contributed by atoms with Gasteiger partial charge in [0.1, 0.15) is 22.6 Å². The van der Waals surface area contributed by atoms with Gasteiger partial charge in [-0.3, -0.25) is 0 Å². The Balaban J connectivity index is 1.57. The molecule has 0 radical (unpaired) electrons. The lowest BCUT2D eigenvalue weighted by atomic mass is 9.78. The van der Waals surface area contributed by atoms with Gasteiger partial charge in [-0.05, 0) is 80.1 Å². The van der Waals surface area contributed by atoms with E-state index in [4.69, 9.17) is 14.2 Å². The molecule has 1 amide bonds. The number of fused-ring (bicyclic) bond motifs is 1. The van der Waals surface area contributed by atoms with Crippen molar-refractivity contribution in [1.82, 2.24) is 5.32 Å². The minimum atomic E-state index is -1.20. The van der Waals surface area contributed by atoms with Crippen LogP contribution in [-0.2, 0) is 27.1 Å². The Labute approximate surface area is 206 Å². The number of carbonyl (C=O) groups is 2. The number of hydrogen-bond acceptors (Lipinski definition) is 5. The van der Waals surface area contributed by atoms with Gasteiger partial charge in [0.05, 0.1) is 7.11 Å². The molecular formula is C29H31NO5. The Hall–Kier alpha value is -3.80. The van der Waals surface area contributed by atoms with Crippen LogP contribution in [0.5, 0.6) is 11.5 Å². The van der Waals surface area contributed by atoms with Crippen molar-refractivity contribution in [2.24, 2.45) is 0 Å². The Kier molecular flexibility index (Phi) is 6.83. The maximum atomic E-state index is 12.8. The minimum Gasteiger partial charge on any atom is -0.467 e. The van der Waals surface area contributed by atoms with Gasteiger partial charge in [0.25, 0.3) is 0 Å². The first-order chi connectivity index (χ1) is 16.7. The Morgan fingerprint density at radius 3 is 2.29 bits per heavy atom. The van der Waals surface area contributed by atoms with Crippen molar-refractivity contribution < 1.29 is 23.8 Å². The summed E-state index contributed by atoms with van der Waals surface area (Å²) in [6.07, 6.45) is 0.682. The van der Waals surface area contributed by atoms with Crippen LogP contribution in [0, 0.1) is 0 Å². The second-order valence-corrected chi connectivity index (χ2v) is 9.80. The van der Waals surface area contributed by atoms with Crippen LogP contribution < -0.4 is 10.1 Å². The summed E-state index contributed by atoms with van der Waals surface area (Å²) < 4.78 is 16.7. The molecule has 182 valence electrons. The Morgan fingerprint density at radius 1 is 0.857 bits per heavy atom. The van der Waals surface area contributed by atoms with E-state index in [-0.39, 0.29) is 6.42 Å². The molecule has 0 spiro atoms. The van der Waals surface area contributed by atoms with Crippen LogP contribution in [0.1, 0.15) is 38.3 Å². The fourth-order valence-electron chi connectivity index (χ4n) is 4.37. The standard InChI is InChI=1S/C29H31NO5/c1-28(2,3)35-27(32)30-29(26(31)33-4)16-15-21-13-14-25(18-23(21)19-29)34-24-12-8-11-22(17-24)20-9-6-5-7-10-20/h5-14,17-18H,15-16,19H2,1-4H3,(H,30,32). The third kappa shape index (κ3) is 5.83. The molecule has 6 heteroatoms. The topological polar surface area (TPSA) is 73.9 Å². The molecule has 35 heavy (non-hydrogen) atoms. The smallest absolute Gasteiger partial charge is 0.408 e. The van der Waals surface area contributed by atoms with Crippen LogP contribution >= 0.6 is 0 Å². The number of alkyl carbamates (subject to hydrolysis) is 1. The molecule has 0 aromatic heterocycles. The number of methoxy groups -OCH3 is 1. The number of rotatable bonds is 5. The van der Waals surface area contributed by atoms with Crippen LogP contribution in [0.3, 0.4) is 0 Å². The second kappa shape index (κ2) is 9.82. The molecular weight excluding hydrogens is 442 g/mol. The van der Waals surface area contributed by atoms with Gasteiger partial charge < -0.3 is 19.5 Å². The van der Waals surface area contributed by atoms with Gasteiger partial charge in [0, 0.05) is 6.42 Å². The van der Waals surface area contributed by atoms with Crippen LogP contribution in [0.2, 0.25) is 0 Å². The van der Waals surface area contributed by atoms with Crippen molar-refractivity contribution in [2.75, 3.05) is 7.11 Å². The quantitative estimate of drug-likeness (QED) is 0.455. The zero-order valence-electron chi connectivity index (χ0n) is 20.6. The van der Waals surface area contributed by atoms with Crippen LogP contribution in [0.25, 0.3) is 11.1 Å². The highest BCUT2D eigenvalue weighted by atomic mass is 16.6. The van der Waals surface area contributed by atoms with E-state index in [1.807, 2.05) is 60.7 Å². The lowest BCUT2D eigenvalue weighted by Crippen LogP contribution is -2.59. The fourth-order valence-corrected chi connectivity index (χ4v) is 4.37. The van der Waals surface area contributed by atoms with Gasteiger partial charge in [-0.15, -0.1) is 0 Å². The van der Waals surface area contributed by atoms with E-state index in [2.05, 4.69) is 17.4 Å². The summed E-state index contributed by atoms with van der Waals surface area (Å²) in [6.45, 7) is 5.35. The molecule has 3 aromatic carbocycles. The molecule has 0 aliphatic heterocycles. The first kappa shape index (κ1) is 24.3. The van der Waals surface area contributed by atoms with Gasteiger partial charge in [-0.2, -0.15) is 0 Å². The summed E-state index contributed by atoms with van der Waals surface area (Å²) in [5.74, 6) is 0.885. The number of aryl methyl sites for hydroxylation is 1. The average molecular weight is 474 g/mol. The van der Waals surface area contributed by atoms with Crippen LogP contribution in [-0.4, -0.2) is 30.3 Å². The van der Waals surface area contributed by atoms with Gasteiger partial charge in [-0.1, -0.05) is 48.5 Å². The Bertz CT molecular complexity index is 1220. The molecule has 1 atom stereocenters. The molecule has 4 rings (SSSR count). The minimum absolute atomic E-state index is 0.287. The molecule has 0 fully saturated rings. The van der Waals surface area contributed by atoms with Crippen LogP contribution in [0.15, 0.2) is 72.8 Å². The maximum absolute atomic E-state index is 12.8. The van der Waals surface area contributed by atoms with Crippen molar-refractivity contribution in [1.29, 1.82) is 0 Å². The molecule has 1 aliphatic rings. The van der Waals surface area contributed by atoms with E-state index in [0.29, 0.717) is 24.3 Å². The van der Waals surface area contributed by atoms with Gasteiger partial charge in [0.2, 0.25) is 0 Å².